The number of pyridine rings is 1. The lowest BCUT2D eigenvalue weighted by atomic mass is 10.0. The maximum Gasteiger partial charge on any atom is 0.447 e. The van der Waals surface area contributed by atoms with Gasteiger partial charge in [-0.2, -0.15) is 13.2 Å². The largest absolute Gasteiger partial charge is 0.447 e. The van der Waals surface area contributed by atoms with Gasteiger partial charge in [0.05, 0.1) is 10.5 Å². The van der Waals surface area contributed by atoms with E-state index in [0.29, 0.717) is 11.3 Å². The molecule has 0 aliphatic carbocycles. The second-order valence-electron chi connectivity index (χ2n) is 5.66. The van der Waals surface area contributed by atoms with Crippen LogP contribution in [-0.2, 0) is 0 Å². The van der Waals surface area contributed by atoms with Crippen LogP contribution in [0, 0.1) is 0 Å². The van der Waals surface area contributed by atoms with Crippen LogP contribution in [0.15, 0.2) is 84.0 Å². The normalized spacial score (nSPS) is 11.8. The first-order valence-corrected chi connectivity index (χ1v) is 8.72. The van der Waals surface area contributed by atoms with Crippen molar-refractivity contribution in [2.24, 2.45) is 0 Å². The summed E-state index contributed by atoms with van der Waals surface area (Å²) in [6.07, 6.45) is 1.57. The molecule has 0 N–H and O–H groups in total. The lowest BCUT2D eigenvalue weighted by Crippen LogP contribution is -2.04. The van der Waals surface area contributed by atoms with Crippen molar-refractivity contribution < 1.29 is 13.2 Å². The molecule has 2 heterocycles. The summed E-state index contributed by atoms with van der Waals surface area (Å²) in [5.74, 6) is 0.458. The summed E-state index contributed by atoms with van der Waals surface area (Å²) < 4.78 is 40.9. The number of halogens is 3. The Morgan fingerprint density at radius 3 is 2.31 bits per heavy atom. The maximum absolute atomic E-state index is 13.1. The number of thioether (sulfide) groups is 1. The minimum Gasteiger partial charge on any atom is -0.288 e. The van der Waals surface area contributed by atoms with E-state index >= 15 is 0 Å². The Balaban J connectivity index is 2.00. The van der Waals surface area contributed by atoms with Crippen molar-refractivity contribution in [3.8, 4) is 16.9 Å². The van der Waals surface area contributed by atoms with Crippen LogP contribution in [0.1, 0.15) is 0 Å². The van der Waals surface area contributed by atoms with Crippen LogP contribution in [0.5, 0.6) is 0 Å². The van der Waals surface area contributed by atoms with Crippen LogP contribution in [-0.4, -0.2) is 15.1 Å². The zero-order chi connectivity index (χ0) is 18.1. The topological polar surface area (TPSA) is 17.8 Å². The predicted molar refractivity (Wildman–Crippen MR) is 98.4 cm³/mol. The summed E-state index contributed by atoms with van der Waals surface area (Å²) in [5.41, 5.74) is -1.84. The molecule has 0 saturated heterocycles. The molecular weight excluding hydrogens is 357 g/mol. The Morgan fingerprint density at radius 2 is 1.62 bits per heavy atom. The van der Waals surface area contributed by atoms with Crippen molar-refractivity contribution in [3.63, 3.8) is 0 Å². The van der Waals surface area contributed by atoms with Crippen LogP contribution >= 0.6 is 11.8 Å². The third-order valence-electron chi connectivity index (χ3n) is 4.00. The van der Waals surface area contributed by atoms with Crippen molar-refractivity contribution in [1.82, 2.24) is 9.55 Å². The van der Waals surface area contributed by atoms with Gasteiger partial charge in [0.1, 0.15) is 5.82 Å². The molecule has 26 heavy (non-hydrogen) atoms. The molecule has 4 aromatic rings. The van der Waals surface area contributed by atoms with E-state index in [1.807, 2.05) is 48.5 Å². The summed E-state index contributed by atoms with van der Waals surface area (Å²) in [6.45, 7) is 0. The SMILES string of the molecule is FC(F)(F)Sc1cc2c(-c3ccccc3)cccc2n1-c1ccccn1. The number of alkyl halides is 3. The average Bonchev–Trinajstić information content (AvgIpc) is 2.99. The van der Waals surface area contributed by atoms with Crippen molar-refractivity contribution >= 4 is 22.7 Å². The highest BCUT2D eigenvalue weighted by atomic mass is 32.2. The highest BCUT2D eigenvalue weighted by molar-refractivity contribution is 8.00. The average molecular weight is 370 g/mol. The third-order valence-corrected chi connectivity index (χ3v) is 4.74. The zero-order valence-corrected chi connectivity index (χ0v) is 14.3. The minimum absolute atomic E-state index is 0.0922. The molecule has 2 aromatic carbocycles. The molecule has 0 unspecified atom stereocenters. The van der Waals surface area contributed by atoms with Crippen molar-refractivity contribution in [1.29, 1.82) is 0 Å². The predicted octanol–water partition coefficient (Wildman–Crippen LogP) is 6.30. The zero-order valence-electron chi connectivity index (χ0n) is 13.4. The number of hydrogen-bond acceptors (Lipinski definition) is 2. The highest BCUT2D eigenvalue weighted by Crippen LogP contribution is 2.42. The fourth-order valence-corrected chi connectivity index (χ4v) is 3.69. The molecule has 0 aliphatic rings. The standard InChI is InChI=1S/C20H13F3N2S/c21-20(22,23)26-19-13-16-15(14-7-2-1-3-8-14)9-6-10-17(16)25(19)18-11-4-5-12-24-18/h1-13H. The summed E-state index contributed by atoms with van der Waals surface area (Å²) in [5, 5.41) is 0.852. The first-order valence-electron chi connectivity index (χ1n) is 7.90. The van der Waals surface area contributed by atoms with E-state index in [1.165, 1.54) is 0 Å². The second-order valence-corrected chi connectivity index (χ2v) is 6.74. The maximum atomic E-state index is 13.1. The van der Waals surface area contributed by atoms with Gasteiger partial charge < -0.3 is 0 Å². The minimum atomic E-state index is -4.38. The highest BCUT2D eigenvalue weighted by Gasteiger charge is 2.32. The Labute approximate surface area is 152 Å². The third kappa shape index (κ3) is 3.20. The molecule has 6 heteroatoms. The van der Waals surface area contributed by atoms with Crippen LogP contribution in [0.2, 0.25) is 0 Å². The number of fused-ring (bicyclic) bond motifs is 1. The second kappa shape index (κ2) is 6.53. The molecule has 0 amide bonds. The van der Waals surface area contributed by atoms with Gasteiger partial charge >= 0.3 is 5.51 Å². The molecule has 2 nitrogen and oxygen atoms in total. The van der Waals surface area contributed by atoms with E-state index in [4.69, 9.17) is 0 Å². The van der Waals surface area contributed by atoms with Gasteiger partial charge in [-0.15, -0.1) is 0 Å². The first kappa shape index (κ1) is 16.7. The van der Waals surface area contributed by atoms with Crippen molar-refractivity contribution in [3.05, 3.63) is 79.0 Å². The number of hydrogen-bond donors (Lipinski definition) is 0. The van der Waals surface area contributed by atoms with Gasteiger partial charge in [0.25, 0.3) is 0 Å². The van der Waals surface area contributed by atoms with Crippen LogP contribution in [0.4, 0.5) is 13.2 Å². The smallest absolute Gasteiger partial charge is 0.288 e. The van der Waals surface area contributed by atoms with Gasteiger partial charge in [-0.3, -0.25) is 4.57 Å². The summed E-state index contributed by atoms with van der Waals surface area (Å²) in [7, 11) is 0. The quantitative estimate of drug-likeness (QED) is 0.394. The van der Waals surface area contributed by atoms with Crippen molar-refractivity contribution in [2.45, 2.75) is 10.5 Å². The Bertz CT molecular complexity index is 1040. The molecule has 0 aliphatic heterocycles. The van der Waals surface area contributed by atoms with Crippen LogP contribution < -0.4 is 0 Å². The molecular formula is C20H13F3N2S. The monoisotopic (exact) mass is 370 g/mol. The van der Waals surface area contributed by atoms with E-state index < -0.39 is 5.51 Å². The molecule has 0 spiro atoms. The summed E-state index contributed by atoms with van der Waals surface area (Å²) in [6, 6.07) is 22.0. The lowest BCUT2D eigenvalue weighted by Gasteiger charge is -2.11. The van der Waals surface area contributed by atoms with Crippen LogP contribution in [0.3, 0.4) is 0 Å². The molecule has 2 aromatic heterocycles. The molecule has 130 valence electrons. The summed E-state index contributed by atoms with van der Waals surface area (Å²) in [4.78, 5) is 4.25. The lowest BCUT2D eigenvalue weighted by molar-refractivity contribution is -0.0329. The molecule has 0 atom stereocenters. The van der Waals surface area contributed by atoms with Crippen molar-refractivity contribution in [2.75, 3.05) is 0 Å². The molecule has 0 saturated carbocycles. The molecule has 4 rings (SSSR count). The number of benzene rings is 2. The first-order chi connectivity index (χ1) is 12.5. The van der Waals surface area contributed by atoms with Crippen LogP contribution in [0.25, 0.3) is 27.8 Å². The van der Waals surface area contributed by atoms with Gasteiger partial charge in [-0.1, -0.05) is 48.5 Å². The van der Waals surface area contributed by atoms with Gasteiger partial charge in [0.15, 0.2) is 0 Å². The molecule has 0 fully saturated rings. The number of nitrogens with zero attached hydrogens (tertiary/aromatic N) is 2. The van der Waals surface area contributed by atoms with Gasteiger partial charge in [0.2, 0.25) is 0 Å². The molecule has 0 radical (unpaired) electrons. The fourth-order valence-electron chi connectivity index (χ4n) is 2.99. The summed E-state index contributed by atoms with van der Waals surface area (Å²) >= 11 is -0.125. The van der Waals surface area contributed by atoms with E-state index in [1.54, 1.807) is 35.0 Å². The van der Waals surface area contributed by atoms with E-state index in [2.05, 4.69) is 4.98 Å². The Kier molecular flexibility index (Phi) is 4.20. The van der Waals surface area contributed by atoms with E-state index in [9.17, 15) is 13.2 Å². The van der Waals surface area contributed by atoms with E-state index in [0.717, 1.165) is 16.5 Å². The number of rotatable bonds is 3. The molecule has 0 bridgehead atoms. The number of aromatic nitrogens is 2. The Morgan fingerprint density at radius 1 is 0.846 bits per heavy atom. The van der Waals surface area contributed by atoms with Gasteiger partial charge in [-0.25, -0.2) is 4.98 Å². The van der Waals surface area contributed by atoms with Gasteiger partial charge in [0, 0.05) is 23.3 Å². The Hall–Kier alpha value is -2.73. The van der Waals surface area contributed by atoms with E-state index in [-0.39, 0.29) is 16.8 Å². The fraction of sp³-hybridized carbons (Fsp3) is 0.0500. The van der Waals surface area contributed by atoms with Gasteiger partial charge in [-0.05, 0) is 35.4 Å².